The fourth-order valence-corrected chi connectivity index (χ4v) is 0.990. The van der Waals surface area contributed by atoms with Gasteiger partial charge in [-0.05, 0) is 6.42 Å². The lowest BCUT2D eigenvalue weighted by molar-refractivity contribution is 0.275. The fourth-order valence-electron chi connectivity index (χ4n) is 0.990. The van der Waals surface area contributed by atoms with Crippen LogP contribution < -0.4 is 0 Å². The van der Waals surface area contributed by atoms with Crippen LogP contribution in [0, 0.1) is 16.7 Å². The molecule has 0 aromatic heterocycles. The minimum atomic E-state index is -4.64. The third kappa shape index (κ3) is 7.71. The van der Waals surface area contributed by atoms with Crippen LogP contribution in [0.3, 0.4) is 0 Å². The first-order chi connectivity index (χ1) is 6.34. The average molecular weight is 221 g/mol. The van der Waals surface area contributed by atoms with Gasteiger partial charge in [-0.2, -0.15) is 5.26 Å². The average Bonchev–Trinajstić information content (AvgIpc) is 2.34. The molecule has 0 bridgehead atoms. The molecule has 1 heterocycles. The van der Waals surface area contributed by atoms with Gasteiger partial charge < -0.3 is 19.6 Å². The molecule has 1 aliphatic heterocycles. The zero-order valence-electron chi connectivity index (χ0n) is 7.42. The van der Waals surface area contributed by atoms with E-state index < -0.39 is 7.82 Å². The largest absolute Gasteiger partial charge is 0.466 e. The SMILES string of the molecule is N#CCN1CCCC1=N.O=P(O)(O)O. The van der Waals surface area contributed by atoms with E-state index in [1.165, 1.54) is 0 Å². The molecule has 7 nitrogen and oxygen atoms in total. The monoisotopic (exact) mass is 221 g/mol. The van der Waals surface area contributed by atoms with Gasteiger partial charge in [0.05, 0.1) is 11.9 Å². The Kier molecular flexibility index (Phi) is 5.35. The first-order valence-electron chi connectivity index (χ1n) is 3.82. The predicted octanol–water partition coefficient (Wildman–Crippen LogP) is -0.346. The molecule has 0 radical (unpaired) electrons. The molecule has 0 spiro atoms. The fraction of sp³-hybridized carbons (Fsp3) is 0.667. The Bertz CT molecular complexity index is 273. The molecule has 1 aliphatic rings. The van der Waals surface area contributed by atoms with Crippen LogP contribution in [0.25, 0.3) is 0 Å². The van der Waals surface area contributed by atoms with Crippen LogP contribution in [0.2, 0.25) is 0 Å². The summed E-state index contributed by atoms with van der Waals surface area (Å²) >= 11 is 0. The molecular formula is C6H12N3O4P. The summed E-state index contributed by atoms with van der Waals surface area (Å²) in [5.74, 6) is 0.622. The number of hydrogen-bond donors (Lipinski definition) is 4. The van der Waals surface area contributed by atoms with Gasteiger partial charge in [-0.25, -0.2) is 4.57 Å². The topological polar surface area (TPSA) is 129 Å². The summed E-state index contributed by atoms with van der Waals surface area (Å²) in [4.78, 5) is 23.4. The highest BCUT2D eigenvalue weighted by Gasteiger charge is 2.14. The van der Waals surface area contributed by atoms with E-state index in [0.717, 1.165) is 19.4 Å². The van der Waals surface area contributed by atoms with Crippen LogP contribution in [-0.4, -0.2) is 38.5 Å². The lowest BCUT2D eigenvalue weighted by Crippen LogP contribution is -2.23. The number of phosphoric acid groups is 1. The molecule has 4 N–H and O–H groups in total. The van der Waals surface area contributed by atoms with Crippen LogP contribution in [0.4, 0.5) is 0 Å². The molecule has 1 fully saturated rings. The molecule has 0 saturated carbocycles. The molecule has 0 aromatic carbocycles. The summed E-state index contributed by atoms with van der Waals surface area (Å²) in [7, 11) is -4.64. The zero-order chi connectivity index (χ0) is 11.2. The molecule has 1 saturated heterocycles. The van der Waals surface area contributed by atoms with Crippen molar-refractivity contribution < 1.29 is 19.2 Å². The van der Waals surface area contributed by atoms with Crippen molar-refractivity contribution in [2.24, 2.45) is 0 Å². The van der Waals surface area contributed by atoms with E-state index in [0.29, 0.717) is 12.4 Å². The number of rotatable bonds is 1. The molecule has 0 aliphatic carbocycles. The third-order valence-electron chi connectivity index (χ3n) is 1.48. The van der Waals surface area contributed by atoms with Gasteiger partial charge >= 0.3 is 7.82 Å². The normalized spacial score (nSPS) is 15.9. The Morgan fingerprint density at radius 3 is 2.36 bits per heavy atom. The molecule has 80 valence electrons. The van der Waals surface area contributed by atoms with Gasteiger partial charge in [0, 0.05) is 13.0 Å². The smallest absolute Gasteiger partial charge is 0.347 e. The predicted molar refractivity (Wildman–Crippen MR) is 48.4 cm³/mol. The lowest BCUT2D eigenvalue weighted by atomic mass is 10.4. The maximum absolute atomic E-state index is 8.88. The Morgan fingerprint density at radius 1 is 1.57 bits per heavy atom. The summed E-state index contributed by atoms with van der Waals surface area (Å²) in [5.41, 5.74) is 0. The van der Waals surface area contributed by atoms with Gasteiger partial charge in [0.15, 0.2) is 0 Å². The van der Waals surface area contributed by atoms with E-state index in [-0.39, 0.29) is 0 Å². The lowest BCUT2D eigenvalue weighted by Gasteiger charge is -2.11. The summed E-state index contributed by atoms with van der Waals surface area (Å²) in [6.07, 6.45) is 1.89. The van der Waals surface area contributed by atoms with Crippen LogP contribution in [0.5, 0.6) is 0 Å². The Labute approximate surface area is 81.3 Å². The van der Waals surface area contributed by atoms with Crippen LogP contribution in [-0.2, 0) is 4.57 Å². The van der Waals surface area contributed by atoms with Crippen LogP contribution >= 0.6 is 7.82 Å². The second kappa shape index (κ2) is 5.73. The minimum absolute atomic E-state index is 0.388. The van der Waals surface area contributed by atoms with Gasteiger partial charge in [0.25, 0.3) is 0 Å². The Balaban J connectivity index is 0.000000292. The Morgan fingerprint density at radius 2 is 2.07 bits per heavy atom. The highest BCUT2D eigenvalue weighted by atomic mass is 31.2. The molecule has 0 aromatic rings. The maximum Gasteiger partial charge on any atom is 0.466 e. The maximum atomic E-state index is 8.88. The van der Waals surface area contributed by atoms with Crippen molar-refractivity contribution in [3.63, 3.8) is 0 Å². The minimum Gasteiger partial charge on any atom is -0.347 e. The van der Waals surface area contributed by atoms with E-state index >= 15 is 0 Å². The third-order valence-corrected chi connectivity index (χ3v) is 1.48. The van der Waals surface area contributed by atoms with Gasteiger partial charge in [0.2, 0.25) is 0 Å². The number of likely N-dealkylation sites (tertiary alicyclic amines) is 1. The zero-order valence-corrected chi connectivity index (χ0v) is 8.31. The van der Waals surface area contributed by atoms with Gasteiger partial charge in [-0.3, -0.25) is 5.41 Å². The van der Waals surface area contributed by atoms with Crippen molar-refractivity contribution in [3.8, 4) is 6.07 Å². The molecule has 8 heteroatoms. The standard InChI is InChI=1S/C6H9N3.H3O4P/c7-3-5-9-4-1-2-6(9)8;1-5(2,3)4/h8H,1-2,4-5H2;(H3,1,2,3,4). The van der Waals surface area contributed by atoms with E-state index in [1.807, 2.05) is 6.07 Å². The Hall–Kier alpha value is -0.930. The van der Waals surface area contributed by atoms with Gasteiger partial charge in [-0.1, -0.05) is 0 Å². The molecule has 0 unspecified atom stereocenters. The summed E-state index contributed by atoms with van der Waals surface area (Å²) in [5, 5.41) is 15.5. The van der Waals surface area contributed by atoms with Crippen LogP contribution in [0.1, 0.15) is 12.8 Å². The highest BCUT2D eigenvalue weighted by Crippen LogP contribution is 2.25. The molecular weight excluding hydrogens is 209 g/mol. The molecule has 14 heavy (non-hydrogen) atoms. The van der Waals surface area contributed by atoms with Crippen molar-refractivity contribution >= 4 is 13.7 Å². The van der Waals surface area contributed by atoms with Crippen molar-refractivity contribution in [1.82, 2.24) is 4.90 Å². The first kappa shape index (κ1) is 13.1. The second-order valence-corrected chi connectivity index (χ2v) is 3.67. The molecule has 1 rings (SSSR count). The van der Waals surface area contributed by atoms with Crippen molar-refractivity contribution in [2.45, 2.75) is 12.8 Å². The van der Waals surface area contributed by atoms with Crippen molar-refractivity contribution in [1.29, 1.82) is 10.7 Å². The first-order valence-corrected chi connectivity index (χ1v) is 5.38. The number of nitrogens with one attached hydrogen (secondary N) is 1. The summed E-state index contributed by atoms with van der Waals surface area (Å²) < 4.78 is 8.88. The second-order valence-electron chi connectivity index (χ2n) is 2.64. The van der Waals surface area contributed by atoms with E-state index in [4.69, 9.17) is 29.9 Å². The number of amidine groups is 1. The van der Waals surface area contributed by atoms with E-state index in [9.17, 15) is 0 Å². The quantitative estimate of drug-likeness (QED) is 0.354. The summed E-state index contributed by atoms with van der Waals surface area (Å²) in [6.45, 7) is 1.28. The molecule has 0 amide bonds. The van der Waals surface area contributed by atoms with Crippen molar-refractivity contribution in [2.75, 3.05) is 13.1 Å². The van der Waals surface area contributed by atoms with E-state index in [2.05, 4.69) is 0 Å². The number of hydrogen-bond acceptors (Lipinski definition) is 3. The van der Waals surface area contributed by atoms with Crippen LogP contribution in [0.15, 0.2) is 0 Å². The highest BCUT2D eigenvalue weighted by molar-refractivity contribution is 7.45. The van der Waals surface area contributed by atoms with E-state index in [1.54, 1.807) is 4.90 Å². The summed E-state index contributed by atoms with van der Waals surface area (Å²) in [6, 6.07) is 2.03. The number of nitrogens with zero attached hydrogens (tertiary/aromatic N) is 2. The molecule has 0 atom stereocenters. The van der Waals surface area contributed by atoms with Gasteiger partial charge in [-0.15, -0.1) is 0 Å². The number of nitriles is 1. The van der Waals surface area contributed by atoms with Gasteiger partial charge in [0.1, 0.15) is 6.54 Å². The van der Waals surface area contributed by atoms with Crippen molar-refractivity contribution in [3.05, 3.63) is 0 Å².